The average Bonchev–Trinajstić information content (AvgIpc) is 2.56. The summed E-state index contributed by atoms with van der Waals surface area (Å²) in [5.74, 6) is 0.140. The van der Waals surface area contributed by atoms with Crippen molar-refractivity contribution < 1.29 is 14.3 Å². The lowest BCUT2D eigenvalue weighted by atomic mass is 10.2. The highest BCUT2D eigenvalue weighted by atomic mass is 16.5. The van der Waals surface area contributed by atoms with Gasteiger partial charge in [-0.15, -0.1) is 0 Å². The number of carbonyl (C=O) groups excluding carboxylic acids is 1. The van der Waals surface area contributed by atoms with E-state index in [0.717, 1.165) is 17.9 Å². The summed E-state index contributed by atoms with van der Waals surface area (Å²) in [5, 5.41) is 11.7. The maximum atomic E-state index is 11.2. The third-order valence-electron chi connectivity index (χ3n) is 3.03. The van der Waals surface area contributed by atoms with Gasteiger partial charge in [0.2, 0.25) is 0 Å². The van der Waals surface area contributed by atoms with Crippen molar-refractivity contribution in [3.8, 4) is 11.8 Å². The molecular weight excluding hydrogens is 280 g/mol. The Balaban J connectivity index is 2.46. The molecule has 0 radical (unpaired) electrons. The van der Waals surface area contributed by atoms with E-state index in [-0.39, 0.29) is 5.57 Å². The van der Waals surface area contributed by atoms with E-state index in [4.69, 9.17) is 10.00 Å². The molecule has 0 aliphatic rings. The molecule has 0 atom stereocenters. The second-order valence-corrected chi connectivity index (χ2v) is 4.74. The quantitative estimate of drug-likeness (QED) is 0.326. The van der Waals surface area contributed by atoms with Crippen molar-refractivity contribution in [3.05, 3.63) is 36.0 Å². The van der Waals surface area contributed by atoms with Crippen LogP contribution in [0.5, 0.6) is 5.75 Å². The van der Waals surface area contributed by atoms with E-state index in [1.807, 2.05) is 24.3 Å². The number of methoxy groups -OCH3 is 1. The van der Waals surface area contributed by atoms with E-state index < -0.39 is 5.97 Å². The van der Waals surface area contributed by atoms with Crippen LogP contribution in [0.25, 0.3) is 0 Å². The predicted molar refractivity (Wildman–Crippen MR) is 85.4 cm³/mol. The van der Waals surface area contributed by atoms with Crippen molar-refractivity contribution in [1.29, 1.82) is 5.26 Å². The number of nitrogens with zero attached hydrogens (tertiary/aromatic N) is 1. The summed E-state index contributed by atoms with van der Waals surface area (Å²) in [6.07, 6.45) is 6.02. The summed E-state index contributed by atoms with van der Waals surface area (Å²) in [6.45, 7) is 2.90. The first kappa shape index (κ1) is 17.6. The summed E-state index contributed by atoms with van der Waals surface area (Å²) in [6, 6.07) is 9.12. The van der Waals surface area contributed by atoms with Gasteiger partial charge in [-0.3, -0.25) is 0 Å². The molecular formula is C17H22N2O3. The fraction of sp³-hybridized carbons (Fsp3) is 0.412. The Morgan fingerprint density at radius 1 is 1.27 bits per heavy atom. The smallest absolute Gasteiger partial charge is 0.350 e. The first-order chi connectivity index (χ1) is 10.7. The second kappa shape index (κ2) is 10.3. The molecule has 0 fully saturated rings. The van der Waals surface area contributed by atoms with E-state index in [2.05, 4.69) is 17.0 Å². The molecule has 118 valence electrons. The Hall–Kier alpha value is -2.48. The molecule has 0 aliphatic carbocycles. The van der Waals surface area contributed by atoms with Crippen LogP contribution in [0.3, 0.4) is 0 Å². The van der Waals surface area contributed by atoms with Crippen molar-refractivity contribution in [2.24, 2.45) is 0 Å². The first-order valence-electron chi connectivity index (χ1n) is 7.39. The molecule has 0 amide bonds. The Bertz CT molecular complexity index is 530. The molecule has 1 aromatic carbocycles. The molecule has 0 spiro atoms. The molecule has 1 rings (SSSR count). The molecule has 22 heavy (non-hydrogen) atoms. The number of hydrogen-bond acceptors (Lipinski definition) is 5. The Morgan fingerprint density at radius 3 is 2.59 bits per heavy atom. The monoisotopic (exact) mass is 302 g/mol. The van der Waals surface area contributed by atoms with Crippen LogP contribution >= 0.6 is 0 Å². The van der Waals surface area contributed by atoms with Crippen molar-refractivity contribution in [1.82, 2.24) is 0 Å². The minimum atomic E-state index is -0.665. The van der Waals surface area contributed by atoms with Crippen molar-refractivity contribution >= 4 is 11.7 Å². The van der Waals surface area contributed by atoms with Crippen LogP contribution in [-0.2, 0) is 9.53 Å². The van der Waals surface area contributed by atoms with Gasteiger partial charge in [0.15, 0.2) is 5.57 Å². The van der Waals surface area contributed by atoms with E-state index >= 15 is 0 Å². The molecule has 0 saturated carbocycles. The van der Waals surface area contributed by atoms with Crippen LogP contribution in [0.2, 0.25) is 0 Å². The molecule has 0 saturated heterocycles. The summed E-state index contributed by atoms with van der Waals surface area (Å²) in [7, 11) is 1.24. The van der Waals surface area contributed by atoms with E-state index in [1.54, 1.807) is 6.07 Å². The number of rotatable bonds is 9. The number of nitriles is 1. The molecule has 0 unspecified atom stereocenters. The lowest BCUT2D eigenvalue weighted by molar-refractivity contribution is -0.135. The van der Waals surface area contributed by atoms with Gasteiger partial charge in [0.1, 0.15) is 11.8 Å². The fourth-order valence-corrected chi connectivity index (χ4v) is 1.77. The van der Waals surface area contributed by atoms with Gasteiger partial charge in [-0.1, -0.05) is 26.2 Å². The van der Waals surface area contributed by atoms with Crippen molar-refractivity contribution in [2.75, 3.05) is 19.0 Å². The molecule has 1 aromatic rings. The number of benzene rings is 1. The number of nitrogens with one attached hydrogen (secondary N) is 1. The lowest BCUT2D eigenvalue weighted by Crippen LogP contribution is -2.05. The van der Waals surface area contributed by atoms with E-state index in [9.17, 15) is 4.79 Å². The minimum Gasteiger partial charge on any atom is -0.494 e. The molecule has 5 heteroatoms. The fourth-order valence-electron chi connectivity index (χ4n) is 1.77. The number of hydrogen-bond donors (Lipinski definition) is 1. The highest BCUT2D eigenvalue weighted by Gasteiger charge is 2.07. The van der Waals surface area contributed by atoms with Gasteiger partial charge in [-0.05, 0) is 30.7 Å². The number of esters is 1. The normalized spacial score (nSPS) is 10.7. The Morgan fingerprint density at radius 2 is 2.00 bits per heavy atom. The number of carbonyl (C=O) groups is 1. The van der Waals surface area contributed by atoms with Crippen LogP contribution < -0.4 is 10.1 Å². The van der Waals surface area contributed by atoms with Gasteiger partial charge in [0, 0.05) is 11.9 Å². The summed E-state index contributed by atoms with van der Waals surface area (Å²) >= 11 is 0. The zero-order valence-corrected chi connectivity index (χ0v) is 13.1. The van der Waals surface area contributed by atoms with Gasteiger partial charge in [0.05, 0.1) is 13.7 Å². The van der Waals surface area contributed by atoms with Crippen LogP contribution in [-0.4, -0.2) is 19.7 Å². The molecule has 0 bridgehead atoms. The average molecular weight is 302 g/mol. The van der Waals surface area contributed by atoms with Crippen molar-refractivity contribution in [2.45, 2.75) is 32.6 Å². The van der Waals surface area contributed by atoms with Gasteiger partial charge in [-0.25, -0.2) is 4.79 Å². The van der Waals surface area contributed by atoms with E-state index in [1.165, 1.54) is 32.6 Å². The SMILES string of the molecule is CCCCCCOc1ccc(N/C=C(\C#N)C(=O)OC)cc1. The summed E-state index contributed by atoms with van der Waals surface area (Å²) < 4.78 is 10.1. The van der Waals surface area contributed by atoms with Gasteiger partial charge < -0.3 is 14.8 Å². The van der Waals surface area contributed by atoms with Gasteiger partial charge in [0.25, 0.3) is 0 Å². The highest BCUT2D eigenvalue weighted by Crippen LogP contribution is 2.16. The largest absolute Gasteiger partial charge is 0.494 e. The topological polar surface area (TPSA) is 71.3 Å². The maximum absolute atomic E-state index is 11.2. The number of anilines is 1. The number of unbranched alkanes of at least 4 members (excludes halogenated alkanes) is 3. The van der Waals surface area contributed by atoms with E-state index in [0.29, 0.717) is 6.61 Å². The Kier molecular flexibility index (Phi) is 8.21. The molecule has 5 nitrogen and oxygen atoms in total. The molecule has 1 N–H and O–H groups in total. The third-order valence-corrected chi connectivity index (χ3v) is 3.03. The van der Waals surface area contributed by atoms with Crippen LogP contribution in [0.1, 0.15) is 32.6 Å². The highest BCUT2D eigenvalue weighted by molar-refractivity contribution is 5.92. The molecule has 0 aromatic heterocycles. The van der Waals surface area contributed by atoms with Crippen LogP contribution in [0.15, 0.2) is 36.0 Å². The Labute approximate surface area is 131 Å². The van der Waals surface area contributed by atoms with Crippen molar-refractivity contribution in [3.63, 3.8) is 0 Å². The zero-order valence-electron chi connectivity index (χ0n) is 13.1. The second-order valence-electron chi connectivity index (χ2n) is 4.74. The van der Waals surface area contributed by atoms with Crippen LogP contribution in [0.4, 0.5) is 5.69 Å². The zero-order chi connectivity index (χ0) is 16.2. The summed E-state index contributed by atoms with van der Waals surface area (Å²) in [5.41, 5.74) is 0.675. The standard InChI is InChI=1S/C17H22N2O3/c1-3-4-5-6-11-22-16-9-7-15(8-10-16)19-13-14(12-18)17(20)21-2/h7-10,13,19H,3-6,11H2,1-2H3/b14-13+. The van der Waals surface area contributed by atoms with Gasteiger partial charge >= 0.3 is 5.97 Å². The maximum Gasteiger partial charge on any atom is 0.350 e. The predicted octanol–water partition coefficient (Wildman–Crippen LogP) is 3.64. The molecule has 0 heterocycles. The number of ether oxygens (including phenoxy) is 2. The van der Waals surface area contributed by atoms with Crippen LogP contribution in [0, 0.1) is 11.3 Å². The molecule has 0 aliphatic heterocycles. The summed E-state index contributed by atoms with van der Waals surface area (Å²) in [4.78, 5) is 11.2. The lowest BCUT2D eigenvalue weighted by Gasteiger charge is -2.07. The minimum absolute atomic E-state index is 0.0845. The third kappa shape index (κ3) is 6.31. The first-order valence-corrected chi connectivity index (χ1v) is 7.39. The van der Waals surface area contributed by atoms with Gasteiger partial charge in [-0.2, -0.15) is 5.26 Å².